The minimum Gasteiger partial charge on any atom is -0.492 e. The van der Waals surface area contributed by atoms with E-state index in [-0.39, 0.29) is 36.2 Å². The van der Waals surface area contributed by atoms with Crippen molar-refractivity contribution < 1.29 is 14.2 Å². The molecule has 2 aromatic carbocycles. The molecule has 0 spiro atoms. The van der Waals surface area contributed by atoms with E-state index >= 15 is 0 Å². The van der Waals surface area contributed by atoms with Gasteiger partial charge in [0.05, 0.1) is 17.4 Å². The van der Waals surface area contributed by atoms with Gasteiger partial charge in [-0.25, -0.2) is 4.39 Å². The van der Waals surface area contributed by atoms with Crippen LogP contribution in [0.2, 0.25) is 0 Å². The Morgan fingerprint density at radius 2 is 2.00 bits per heavy atom. The number of hydrogen-bond donors (Lipinski definition) is 3. The average molecular weight is 366 g/mol. The third kappa shape index (κ3) is 5.91. The molecule has 2 atom stereocenters. The van der Waals surface area contributed by atoms with Gasteiger partial charge in [-0.3, -0.25) is 0 Å². The quantitative estimate of drug-likeness (QED) is 0.656. The first-order valence-corrected chi connectivity index (χ1v) is 7.59. The van der Waals surface area contributed by atoms with Crippen molar-refractivity contribution in [3.63, 3.8) is 0 Å². The molecule has 25 heavy (non-hydrogen) atoms. The molecule has 7 heteroatoms. The van der Waals surface area contributed by atoms with E-state index in [2.05, 4.69) is 5.32 Å². The van der Waals surface area contributed by atoms with Crippen molar-refractivity contribution in [3.8, 4) is 11.8 Å². The van der Waals surface area contributed by atoms with Gasteiger partial charge in [0.15, 0.2) is 0 Å². The summed E-state index contributed by atoms with van der Waals surface area (Å²) in [5, 5.41) is 22.2. The molecule has 0 bridgehead atoms. The highest BCUT2D eigenvalue weighted by Crippen LogP contribution is 2.22. The van der Waals surface area contributed by atoms with E-state index in [1.807, 2.05) is 43.3 Å². The number of aliphatic hydroxyl groups excluding tert-OH is 1. The molecule has 0 saturated carbocycles. The summed E-state index contributed by atoms with van der Waals surface area (Å²) in [4.78, 5) is 0. The van der Waals surface area contributed by atoms with Crippen LogP contribution in [0.15, 0.2) is 42.5 Å². The Bertz CT molecular complexity index is 722. The monoisotopic (exact) mass is 365 g/mol. The molecule has 2 aromatic rings. The van der Waals surface area contributed by atoms with Crippen LogP contribution in [0.3, 0.4) is 0 Å². The van der Waals surface area contributed by atoms with Gasteiger partial charge >= 0.3 is 0 Å². The Morgan fingerprint density at radius 3 is 2.64 bits per heavy atom. The fraction of sp³-hybridized carbons (Fsp3) is 0.278. The summed E-state index contributed by atoms with van der Waals surface area (Å²) in [5.74, 6) is 0.0644. The van der Waals surface area contributed by atoms with Crippen molar-refractivity contribution >= 4 is 18.1 Å². The molecule has 0 aliphatic carbocycles. The van der Waals surface area contributed by atoms with Crippen LogP contribution in [0, 0.1) is 17.1 Å². The Kier molecular flexibility index (Phi) is 8.16. The summed E-state index contributed by atoms with van der Waals surface area (Å²) in [7, 11) is 0. The first-order valence-electron chi connectivity index (χ1n) is 7.59. The molecule has 2 rings (SSSR count). The molecule has 0 aliphatic heterocycles. The Hall–Kier alpha value is -2.33. The van der Waals surface area contributed by atoms with Crippen LogP contribution in [-0.2, 0) is 0 Å². The van der Waals surface area contributed by atoms with E-state index in [1.165, 1.54) is 6.07 Å². The minimum absolute atomic E-state index is 0. The summed E-state index contributed by atoms with van der Waals surface area (Å²) in [5.41, 5.74) is 5.59. The molecule has 0 aromatic heterocycles. The molecular formula is C18H21ClFN3O2. The third-order valence-electron chi connectivity index (χ3n) is 3.56. The van der Waals surface area contributed by atoms with Crippen molar-refractivity contribution in [2.45, 2.75) is 19.1 Å². The second kappa shape index (κ2) is 9.84. The van der Waals surface area contributed by atoms with Crippen LogP contribution in [0.5, 0.6) is 5.75 Å². The largest absolute Gasteiger partial charge is 0.492 e. The Morgan fingerprint density at radius 1 is 1.32 bits per heavy atom. The summed E-state index contributed by atoms with van der Waals surface area (Å²) >= 11 is 0. The zero-order chi connectivity index (χ0) is 17.5. The smallest absolute Gasteiger partial charge is 0.147 e. The summed E-state index contributed by atoms with van der Waals surface area (Å²) in [6.07, 6.45) is -0.952. The van der Waals surface area contributed by atoms with Gasteiger partial charge in [0.1, 0.15) is 24.2 Å². The highest BCUT2D eigenvalue weighted by atomic mass is 35.5. The standard InChI is InChI=1S/C18H20FN3O2.ClH/c1-12(11-24-15-5-3-2-4-6-15)22-10-17(23)13-7-14(9-20)18(21)16(19)8-13;/h2-8,12,17,22-23H,10-11,21H2,1H3;1H. The molecule has 2 unspecified atom stereocenters. The molecule has 0 aliphatic rings. The number of nitrogen functional groups attached to an aromatic ring is 1. The van der Waals surface area contributed by atoms with Crippen molar-refractivity contribution in [2.24, 2.45) is 0 Å². The van der Waals surface area contributed by atoms with Gasteiger partial charge in [0.25, 0.3) is 0 Å². The van der Waals surface area contributed by atoms with E-state index in [0.29, 0.717) is 12.2 Å². The van der Waals surface area contributed by atoms with Crippen LogP contribution in [0.1, 0.15) is 24.2 Å². The van der Waals surface area contributed by atoms with Crippen LogP contribution in [0.25, 0.3) is 0 Å². The van der Waals surface area contributed by atoms with E-state index < -0.39 is 11.9 Å². The molecule has 0 amide bonds. The second-order valence-electron chi connectivity index (χ2n) is 5.52. The molecule has 134 valence electrons. The number of benzene rings is 2. The number of halogens is 2. The van der Waals surface area contributed by atoms with Gasteiger partial charge in [0.2, 0.25) is 0 Å². The highest BCUT2D eigenvalue weighted by molar-refractivity contribution is 5.85. The molecule has 0 radical (unpaired) electrons. The lowest BCUT2D eigenvalue weighted by Gasteiger charge is -2.18. The fourth-order valence-electron chi connectivity index (χ4n) is 2.15. The van der Waals surface area contributed by atoms with Crippen molar-refractivity contribution in [2.75, 3.05) is 18.9 Å². The van der Waals surface area contributed by atoms with Crippen LogP contribution < -0.4 is 15.8 Å². The molecule has 0 fully saturated rings. The lowest BCUT2D eigenvalue weighted by Crippen LogP contribution is -2.35. The number of anilines is 1. The lowest BCUT2D eigenvalue weighted by atomic mass is 10.0. The highest BCUT2D eigenvalue weighted by Gasteiger charge is 2.15. The van der Waals surface area contributed by atoms with Crippen molar-refractivity contribution in [1.29, 1.82) is 5.26 Å². The summed E-state index contributed by atoms with van der Waals surface area (Å²) in [6.45, 7) is 2.55. The molecule has 0 heterocycles. The first kappa shape index (κ1) is 20.7. The second-order valence-corrected chi connectivity index (χ2v) is 5.52. The van der Waals surface area contributed by atoms with Gasteiger partial charge < -0.3 is 20.9 Å². The number of rotatable bonds is 7. The van der Waals surface area contributed by atoms with Gasteiger partial charge in [0, 0.05) is 12.6 Å². The maximum Gasteiger partial charge on any atom is 0.147 e. The maximum absolute atomic E-state index is 13.7. The van der Waals surface area contributed by atoms with Crippen LogP contribution >= 0.6 is 12.4 Å². The van der Waals surface area contributed by atoms with E-state index in [0.717, 1.165) is 11.8 Å². The Balaban J connectivity index is 0.00000312. The van der Waals surface area contributed by atoms with Gasteiger partial charge in [-0.2, -0.15) is 5.26 Å². The first-order chi connectivity index (χ1) is 11.5. The van der Waals surface area contributed by atoms with E-state index in [9.17, 15) is 9.50 Å². The number of hydrogen-bond acceptors (Lipinski definition) is 5. The predicted molar refractivity (Wildman–Crippen MR) is 97.1 cm³/mol. The number of nitriles is 1. The Labute approximate surface area is 152 Å². The molecular weight excluding hydrogens is 345 g/mol. The SMILES string of the molecule is CC(COc1ccccc1)NCC(O)c1cc(F)c(N)c(C#N)c1.Cl. The predicted octanol–water partition coefficient (Wildman–Crippen LogP) is 2.79. The summed E-state index contributed by atoms with van der Waals surface area (Å²) in [6, 6.07) is 13.8. The van der Waals surface area contributed by atoms with Crippen molar-refractivity contribution in [1.82, 2.24) is 5.32 Å². The van der Waals surface area contributed by atoms with E-state index in [4.69, 9.17) is 15.7 Å². The zero-order valence-electron chi connectivity index (χ0n) is 13.8. The molecule has 5 nitrogen and oxygen atoms in total. The zero-order valence-corrected chi connectivity index (χ0v) is 14.6. The molecule has 0 saturated heterocycles. The average Bonchev–Trinajstić information content (AvgIpc) is 2.60. The normalized spacial score (nSPS) is 12.6. The maximum atomic E-state index is 13.7. The third-order valence-corrected chi connectivity index (χ3v) is 3.56. The van der Waals surface area contributed by atoms with Gasteiger partial charge in [-0.15, -0.1) is 12.4 Å². The van der Waals surface area contributed by atoms with E-state index in [1.54, 1.807) is 0 Å². The number of aliphatic hydroxyl groups is 1. The van der Waals surface area contributed by atoms with Crippen LogP contribution in [0.4, 0.5) is 10.1 Å². The van der Waals surface area contributed by atoms with Gasteiger partial charge in [-0.1, -0.05) is 18.2 Å². The van der Waals surface area contributed by atoms with Gasteiger partial charge in [-0.05, 0) is 36.8 Å². The molecule has 4 N–H and O–H groups in total. The number of nitrogens with zero attached hydrogens (tertiary/aromatic N) is 1. The number of para-hydroxylation sites is 1. The number of ether oxygens (including phenoxy) is 1. The topological polar surface area (TPSA) is 91.3 Å². The minimum atomic E-state index is -0.952. The number of nitrogens with two attached hydrogens (primary N) is 1. The summed E-state index contributed by atoms with van der Waals surface area (Å²) < 4.78 is 19.3. The fourth-order valence-corrected chi connectivity index (χ4v) is 2.15. The lowest BCUT2D eigenvalue weighted by molar-refractivity contribution is 0.163. The van der Waals surface area contributed by atoms with Crippen LogP contribution in [-0.4, -0.2) is 24.3 Å². The van der Waals surface area contributed by atoms with Crippen molar-refractivity contribution in [3.05, 3.63) is 59.4 Å². The number of nitrogens with one attached hydrogen (secondary N) is 1.